The Kier molecular flexibility index (Phi) is 4.39. The van der Waals surface area contributed by atoms with Gasteiger partial charge in [-0.3, -0.25) is 4.79 Å². The van der Waals surface area contributed by atoms with Crippen molar-refractivity contribution >= 4 is 11.6 Å². The summed E-state index contributed by atoms with van der Waals surface area (Å²) in [5, 5.41) is 0. The first-order chi connectivity index (χ1) is 9.10. The normalized spacial score (nSPS) is 19.9. The predicted octanol–water partition coefficient (Wildman–Crippen LogP) is 1.16. The van der Waals surface area contributed by atoms with E-state index >= 15 is 0 Å². The second kappa shape index (κ2) is 6.04. The van der Waals surface area contributed by atoms with Crippen LogP contribution < -0.4 is 15.4 Å². The van der Waals surface area contributed by atoms with E-state index in [0.717, 1.165) is 11.4 Å². The minimum absolute atomic E-state index is 0.0396. The molecule has 2 rings (SSSR count). The minimum Gasteiger partial charge on any atom is -0.491 e. The molecule has 2 N–H and O–H groups in total. The highest BCUT2D eigenvalue weighted by atomic mass is 16.5. The molecule has 104 valence electrons. The van der Waals surface area contributed by atoms with Gasteiger partial charge in [-0.2, -0.15) is 0 Å². The van der Waals surface area contributed by atoms with E-state index in [1.54, 1.807) is 4.90 Å². The molecular formula is C14H20N2O3. The van der Waals surface area contributed by atoms with Crippen molar-refractivity contribution in [3.05, 3.63) is 24.3 Å². The van der Waals surface area contributed by atoms with Gasteiger partial charge in [0.1, 0.15) is 12.4 Å². The van der Waals surface area contributed by atoms with E-state index in [1.807, 2.05) is 38.1 Å². The first kappa shape index (κ1) is 13.8. The SMILES string of the molecule is CC(C)Oc1ccc(N2CC(CN)OCC2=O)cc1. The fourth-order valence-corrected chi connectivity index (χ4v) is 1.99. The molecule has 0 aliphatic carbocycles. The highest BCUT2D eigenvalue weighted by Gasteiger charge is 2.26. The topological polar surface area (TPSA) is 64.8 Å². The van der Waals surface area contributed by atoms with Gasteiger partial charge < -0.3 is 20.1 Å². The van der Waals surface area contributed by atoms with Crippen molar-refractivity contribution < 1.29 is 14.3 Å². The lowest BCUT2D eigenvalue weighted by Gasteiger charge is -2.32. The van der Waals surface area contributed by atoms with Crippen molar-refractivity contribution in [3.63, 3.8) is 0 Å². The van der Waals surface area contributed by atoms with Gasteiger partial charge in [0.15, 0.2) is 0 Å². The van der Waals surface area contributed by atoms with Gasteiger partial charge in [-0.25, -0.2) is 0 Å². The van der Waals surface area contributed by atoms with Crippen LogP contribution in [0.3, 0.4) is 0 Å². The molecule has 1 atom stereocenters. The van der Waals surface area contributed by atoms with E-state index in [4.69, 9.17) is 15.2 Å². The fourth-order valence-electron chi connectivity index (χ4n) is 1.99. The van der Waals surface area contributed by atoms with Gasteiger partial charge in [0.25, 0.3) is 5.91 Å². The number of nitrogens with two attached hydrogens (primary N) is 1. The molecule has 1 unspecified atom stereocenters. The molecule has 0 saturated carbocycles. The van der Waals surface area contributed by atoms with Crippen LogP contribution in [0.25, 0.3) is 0 Å². The second-order valence-electron chi connectivity index (χ2n) is 4.83. The molecule has 5 nitrogen and oxygen atoms in total. The number of benzene rings is 1. The quantitative estimate of drug-likeness (QED) is 0.886. The number of rotatable bonds is 4. The summed E-state index contributed by atoms with van der Waals surface area (Å²) in [5.74, 6) is 0.761. The molecule has 1 fully saturated rings. The van der Waals surface area contributed by atoms with Gasteiger partial charge in [0, 0.05) is 12.2 Å². The van der Waals surface area contributed by atoms with E-state index in [-0.39, 0.29) is 24.7 Å². The van der Waals surface area contributed by atoms with Gasteiger partial charge in [-0.1, -0.05) is 0 Å². The van der Waals surface area contributed by atoms with Crippen molar-refractivity contribution in [2.75, 3.05) is 24.6 Å². The van der Waals surface area contributed by atoms with Crippen LogP contribution in [0.5, 0.6) is 5.75 Å². The lowest BCUT2D eigenvalue weighted by molar-refractivity contribution is -0.128. The second-order valence-corrected chi connectivity index (χ2v) is 4.83. The summed E-state index contributed by atoms with van der Waals surface area (Å²) < 4.78 is 10.9. The number of hydrogen-bond acceptors (Lipinski definition) is 4. The van der Waals surface area contributed by atoms with Crippen LogP contribution in [0.2, 0.25) is 0 Å². The molecular weight excluding hydrogens is 244 g/mol. The summed E-state index contributed by atoms with van der Waals surface area (Å²) in [4.78, 5) is 13.6. The first-order valence-electron chi connectivity index (χ1n) is 6.49. The van der Waals surface area contributed by atoms with Gasteiger partial charge >= 0.3 is 0 Å². The van der Waals surface area contributed by atoms with Gasteiger partial charge in [0.2, 0.25) is 0 Å². The Morgan fingerprint density at radius 2 is 2.11 bits per heavy atom. The monoisotopic (exact) mass is 264 g/mol. The molecule has 1 amide bonds. The summed E-state index contributed by atoms with van der Waals surface area (Å²) in [6.45, 7) is 4.96. The number of hydrogen-bond donors (Lipinski definition) is 1. The molecule has 0 spiro atoms. The molecule has 19 heavy (non-hydrogen) atoms. The van der Waals surface area contributed by atoms with E-state index in [1.165, 1.54) is 0 Å². The van der Waals surface area contributed by atoms with Crippen LogP contribution in [-0.2, 0) is 9.53 Å². The zero-order valence-corrected chi connectivity index (χ0v) is 11.3. The van der Waals surface area contributed by atoms with Gasteiger partial charge in [-0.05, 0) is 38.1 Å². The van der Waals surface area contributed by atoms with Crippen LogP contribution in [-0.4, -0.2) is 37.8 Å². The number of amides is 1. The van der Waals surface area contributed by atoms with Crippen LogP contribution in [0.15, 0.2) is 24.3 Å². The maximum Gasteiger partial charge on any atom is 0.253 e. The predicted molar refractivity (Wildman–Crippen MR) is 73.4 cm³/mol. The summed E-state index contributed by atoms with van der Waals surface area (Å²) >= 11 is 0. The Labute approximate surface area is 113 Å². The number of anilines is 1. The molecule has 0 radical (unpaired) electrons. The maximum absolute atomic E-state index is 11.8. The van der Waals surface area contributed by atoms with E-state index in [9.17, 15) is 4.79 Å². The van der Waals surface area contributed by atoms with Crippen molar-refractivity contribution in [1.82, 2.24) is 0 Å². The summed E-state index contributed by atoms with van der Waals surface area (Å²) in [7, 11) is 0. The molecule has 5 heteroatoms. The van der Waals surface area contributed by atoms with Gasteiger partial charge in [0.05, 0.1) is 18.8 Å². The van der Waals surface area contributed by atoms with Gasteiger partial charge in [-0.15, -0.1) is 0 Å². The van der Waals surface area contributed by atoms with Crippen LogP contribution in [0, 0.1) is 0 Å². The van der Waals surface area contributed by atoms with Crippen LogP contribution in [0.1, 0.15) is 13.8 Å². The molecule has 1 aromatic rings. The highest BCUT2D eigenvalue weighted by molar-refractivity contribution is 5.95. The Hall–Kier alpha value is -1.59. The number of carbonyl (C=O) groups is 1. The average molecular weight is 264 g/mol. The standard InChI is InChI=1S/C14H20N2O3/c1-10(2)19-12-5-3-11(4-6-12)16-8-13(7-15)18-9-14(16)17/h3-6,10,13H,7-9,15H2,1-2H3. The lowest BCUT2D eigenvalue weighted by atomic mass is 10.2. The van der Waals surface area contributed by atoms with E-state index in [0.29, 0.717) is 13.1 Å². The van der Waals surface area contributed by atoms with Crippen LogP contribution >= 0.6 is 0 Å². The third kappa shape index (κ3) is 3.45. The fraction of sp³-hybridized carbons (Fsp3) is 0.500. The Morgan fingerprint density at radius 1 is 1.42 bits per heavy atom. The lowest BCUT2D eigenvalue weighted by Crippen LogP contribution is -2.49. The zero-order valence-electron chi connectivity index (χ0n) is 11.3. The molecule has 0 bridgehead atoms. The number of morpholine rings is 1. The Balaban J connectivity index is 2.09. The highest BCUT2D eigenvalue weighted by Crippen LogP contribution is 2.22. The molecule has 1 aliphatic rings. The molecule has 1 saturated heterocycles. The molecule has 0 aromatic heterocycles. The maximum atomic E-state index is 11.8. The molecule has 1 aromatic carbocycles. The third-order valence-corrected chi connectivity index (χ3v) is 2.91. The first-order valence-corrected chi connectivity index (χ1v) is 6.49. The smallest absolute Gasteiger partial charge is 0.253 e. The molecule has 1 aliphatic heterocycles. The van der Waals surface area contributed by atoms with Crippen molar-refractivity contribution in [1.29, 1.82) is 0 Å². The third-order valence-electron chi connectivity index (χ3n) is 2.91. The van der Waals surface area contributed by atoms with Crippen LogP contribution in [0.4, 0.5) is 5.69 Å². The Morgan fingerprint density at radius 3 is 2.68 bits per heavy atom. The van der Waals surface area contributed by atoms with E-state index in [2.05, 4.69) is 0 Å². The summed E-state index contributed by atoms with van der Waals surface area (Å²) in [5.41, 5.74) is 6.43. The minimum atomic E-state index is -0.0932. The number of carbonyl (C=O) groups excluding carboxylic acids is 1. The largest absolute Gasteiger partial charge is 0.491 e. The number of ether oxygens (including phenoxy) is 2. The summed E-state index contributed by atoms with van der Waals surface area (Å²) in [6, 6.07) is 7.51. The molecule has 1 heterocycles. The zero-order chi connectivity index (χ0) is 13.8. The summed E-state index contributed by atoms with van der Waals surface area (Å²) in [6.07, 6.45) is 0.0433. The van der Waals surface area contributed by atoms with Crippen molar-refractivity contribution in [2.45, 2.75) is 26.1 Å². The number of nitrogens with zero attached hydrogens (tertiary/aromatic N) is 1. The van der Waals surface area contributed by atoms with Crippen molar-refractivity contribution in [2.24, 2.45) is 5.73 Å². The Bertz CT molecular complexity index is 431. The van der Waals surface area contributed by atoms with E-state index < -0.39 is 0 Å². The van der Waals surface area contributed by atoms with Crippen molar-refractivity contribution in [3.8, 4) is 5.75 Å². The average Bonchev–Trinajstić information content (AvgIpc) is 2.40.